The lowest BCUT2D eigenvalue weighted by atomic mass is 9.66. The molecule has 88 valence electrons. The molecular weight excluding hydrogens is 184 g/mol. The Kier molecular flexibility index (Phi) is 3.39. The van der Waals surface area contributed by atoms with Gasteiger partial charge >= 0.3 is 0 Å². The smallest absolute Gasteiger partial charge is 0.0812 e. The van der Waals surface area contributed by atoms with Gasteiger partial charge in [0.05, 0.1) is 12.7 Å². The summed E-state index contributed by atoms with van der Waals surface area (Å²) in [5.41, 5.74) is 0.466. The van der Waals surface area contributed by atoms with Crippen LogP contribution in [0.5, 0.6) is 0 Å². The second-order valence-electron chi connectivity index (χ2n) is 6.56. The number of rotatable bonds is 3. The molecule has 1 heteroatoms. The van der Waals surface area contributed by atoms with Crippen LogP contribution in [-0.4, -0.2) is 12.7 Å². The molecule has 0 aromatic heterocycles. The molecule has 0 N–H and O–H groups in total. The van der Waals surface area contributed by atoms with Gasteiger partial charge in [0.1, 0.15) is 0 Å². The third-order valence-electron chi connectivity index (χ3n) is 4.25. The van der Waals surface area contributed by atoms with E-state index >= 15 is 0 Å². The zero-order valence-corrected chi connectivity index (χ0v) is 10.6. The van der Waals surface area contributed by atoms with Gasteiger partial charge in [-0.3, -0.25) is 0 Å². The SMILES string of the molecule is CC(C)(C)C(CC1CO1)C1CCCCC1. The Balaban J connectivity index is 1.95. The van der Waals surface area contributed by atoms with Crippen LogP contribution in [0.3, 0.4) is 0 Å². The van der Waals surface area contributed by atoms with Gasteiger partial charge in [-0.2, -0.15) is 0 Å². The van der Waals surface area contributed by atoms with Gasteiger partial charge in [-0.1, -0.05) is 52.9 Å². The fourth-order valence-corrected chi connectivity index (χ4v) is 3.28. The molecule has 2 aliphatic rings. The van der Waals surface area contributed by atoms with Crippen LogP contribution >= 0.6 is 0 Å². The van der Waals surface area contributed by atoms with Crippen molar-refractivity contribution in [2.24, 2.45) is 17.3 Å². The maximum Gasteiger partial charge on any atom is 0.0812 e. The Bertz CT molecular complexity index is 194. The topological polar surface area (TPSA) is 12.5 Å². The molecule has 0 radical (unpaired) electrons. The third kappa shape index (κ3) is 3.21. The molecule has 2 fully saturated rings. The lowest BCUT2D eigenvalue weighted by Crippen LogP contribution is -2.31. The zero-order valence-electron chi connectivity index (χ0n) is 10.6. The Morgan fingerprint density at radius 3 is 2.20 bits per heavy atom. The lowest BCUT2D eigenvalue weighted by molar-refractivity contribution is 0.105. The van der Waals surface area contributed by atoms with Gasteiger partial charge in [-0.05, 0) is 23.7 Å². The summed E-state index contributed by atoms with van der Waals surface area (Å²) >= 11 is 0. The van der Waals surface area contributed by atoms with Crippen molar-refractivity contribution in [1.29, 1.82) is 0 Å². The Hall–Kier alpha value is -0.0400. The van der Waals surface area contributed by atoms with E-state index in [0.717, 1.165) is 18.4 Å². The fourth-order valence-electron chi connectivity index (χ4n) is 3.28. The van der Waals surface area contributed by atoms with E-state index in [9.17, 15) is 0 Å². The van der Waals surface area contributed by atoms with Crippen LogP contribution < -0.4 is 0 Å². The average molecular weight is 210 g/mol. The van der Waals surface area contributed by atoms with Gasteiger partial charge in [0.25, 0.3) is 0 Å². The molecule has 0 spiro atoms. The third-order valence-corrected chi connectivity index (χ3v) is 4.25. The Morgan fingerprint density at radius 1 is 1.13 bits per heavy atom. The van der Waals surface area contributed by atoms with E-state index in [1.807, 2.05) is 0 Å². The van der Waals surface area contributed by atoms with E-state index < -0.39 is 0 Å². The van der Waals surface area contributed by atoms with Crippen molar-refractivity contribution < 1.29 is 4.74 Å². The monoisotopic (exact) mass is 210 g/mol. The van der Waals surface area contributed by atoms with E-state index in [0.29, 0.717) is 11.5 Å². The molecule has 2 unspecified atom stereocenters. The van der Waals surface area contributed by atoms with Gasteiger partial charge in [-0.25, -0.2) is 0 Å². The summed E-state index contributed by atoms with van der Waals surface area (Å²) in [6, 6.07) is 0. The molecule has 0 aromatic carbocycles. The number of hydrogen-bond acceptors (Lipinski definition) is 1. The first-order chi connectivity index (χ1) is 7.07. The number of epoxide rings is 1. The first-order valence-electron chi connectivity index (χ1n) is 6.69. The van der Waals surface area contributed by atoms with Gasteiger partial charge in [0.15, 0.2) is 0 Å². The van der Waals surface area contributed by atoms with E-state index in [-0.39, 0.29) is 0 Å². The molecule has 1 saturated carbocycles. The van der Waals surface area contributed by atoms with Gasteiger partial charge in [0, 0.05) is 0 Å². The van der Waals surface area contributed by atoms with Gasteiger partial charge in [-0.15, -0.1) is 0 Å². The Labute approximate surface area is 94.6 Å². The molecule has 0 aromatic rings. The number of ether oxygens (including phenoxy) is 1. The minimum absolute atomic E-state index is 0.466. The van der Waals surface area contributed by atoms with Gasteiger partial charge < -0.3 is 4.74 Å². The summed E-state index contributed by atoms with van der Waals surface area (Å²) in [6.45, 7) is 8.26. The van der Waals surface area contributed by atoms with Crippen LogP contribution in [0.4, 0.5) is 0 Å². The van der Waals surface area contributed by atoms with Crippen LogP contribution in [0.15, 0.2) is 0 Å². The summed E-state index contributed by atoms with van der Waals surface area (Å²) in [4.78, 5) is 0. The summed E-state index contributed by atoms with van der Waals surface area (Å²) < 4.78 is 5.42. The molecule has 15 heavy (non-hydrogen) atoms. The molecule has 0 amide bonds. The van der Waals surface area contributed by atoms with E-state index in [2.05, 4.69) is 20.8 Å². The highest BCUT2D eigenvalue weighted by atomic mass is 16.6. The first kappa shape index (κ1) is 11.4. The quantitative estimate of drug-likeness (QED) is 0.641. The molecule has 1 heterocycles. The van der Waals surface area contributed by atoms with E-state index in [4.69, 9.17) is 4.74 Å². The maximum absolute atomic E-state index is 5.42. The minimum atomic E-state index is 0.466. The van der Waals surface area contributed by atoms with Crippen molar-refractivity contribution >= 4 is 0 Å². The fraction of sp³-hybridized carbons (Fsp3) is 1.00. The van der Waals surface area contributed by atoms with Crippen molar-refractivity contribution in [2.45, 2.75) is 65.4 Å². The predicted octanol–water partition coefficient (Wildman–Crippen LogP) is 4.02. The molecule has 1 nitrogen and oxygen atoms in total. The van der Waals surface area contributed by atoms with Crippen molar-refractivity contribution in [1.82, 2.24) is 0 Å². The molecule has 1 aliphatic heterocycles. The largest absolute Gasteiger partial charge is 0.373 e. The second kappa shape index (κ2) is 4.45. The van der Waals surface area contributed by atoms with Crippen LogP contribution in [-0.2, 0) is 4.74 Å². The molecule has 1 saturated heterocycles. The predicted molar refractivity (Wildman–Crippen MR) is 63.9 cm³/mol. The van der Waals surface area contributed by atoms with E-state index in [1.165, 1.54) is 38.5 Å². The summed E-state index contributed by atoms with van der Waals surface area (Å²) in [6.07, 6.45) is 9.24. The molecular formula is C14H26O. The van der Waals surface area contributed by atoms with Crippen molar-refractivity contribution in [3.05, 3.63) is 0 Å². The normalized spacial score (nSPS) is 30.2. The summed E-state index contributed by atoms with van der Waals surface area (Å²) in [5, 5.41) is 0. The maximum atomic E-state index is 5.42. The van der Waals surface area contributed by atoms with Crippen molar-refractivity contribution in [3.8, 4) is 0 Å². The van der Waals surface area contributed by atoms with Crippen LogP contribution in [0.1, 0.15) is 59.3 Å². The van der Waals surface area contributed by atoms with Gasteiger partial charge in [0.2, 0.25) is 0 Å². The second-order valence-corrected chi connectivity index (χ2v) is 6.56. The molecule has 1 aliphatic carbocycles. The lowest BCUT2D eigenvalue weighted by Gasteiger charge is -2.39. The highest BCUT2D eigenvalue weighted by molar-refractivity contribution is 4.87. The number of hydrogen-bond donors (Lipinski definition) is 0. The molecule has 2 atom stereocenters. The Morgan fingerprint density at radius 2 is 1.73 bits per heavy atom. The van der Waals surface area contributed by atoms with Crippen molar-refractivity contribution in [2.75, 3.05) is 6.61 Å². The molecule has 2 rings (SSSR count). The van der Waals surface area contributed by atoms with Crippen LogP contribution in [0, 0.1) is 17.3 Å². The van der Waals surface area contributed by atoms with Crippen LogP contribution in [0.25, 0.3) is 0 Å². The average Bonchev–Trinajstić information content (AvgIpc) is 2.97. The first-order valence-corrected chi connectivity index (χ1v) is 6.69. The summed E-state index contributed by atoms with van der Waals surface area (Å²) in [5.74, 6) is 1.85. The molecule has 0 bridgehead atoms. The minimum Gasteiger partial charge on any atom is -0.373 e. The highest BCUT2D eigenvalue weighted by Gasteiger charge is 2.37. The highest BCUT2D eigenvalue weighted by Crippen LogP contribution is 2.43. The standard InChI is InChI=1S/C14H26O/c1-14(2,3)13(9-12-10-15-12)11-7-5-4-6-8-11/h11-13H,4-10H2,1-3H3. The van der Waals surface area contributed by atoms with Crippen molar-refractivity contribution in [3.63, 3.8) is 0 Å². The van der Waals surface area contributed by atoms with E-state index in [1.54, 1.807) is 0 Å². The summed E-state index contributed by atoms with van der Waals surface area (Å²) in [7, 11) is 0. The van der Waals surface area contributed by atoms with Crippen LogP contribution in [0.2, 0.25) is 0 Å². The zero-order chi connectivity index (χ0) is 10.9.